The van der Waals surface area contributed by atoms with Gasteiger partial charge >= 0.3 is 0 Å². The molecule has 3 heterocycles. The Balaban J connectivity index is 1.14. The largest absolute Gasteiger partial charge is 0.352 e. The smallest absolute Gasteiger partial charge is 0.274 e. The number of carbonyl (C=O) groups is 2. The van der Waals surface area contributed by atoms with Crippen LogP contribution in [0.4, 0.5) is 0 Å². The van der Waals surface area contributed by atoms with Gasteiger partial charge in [-0.1, -0.05) is 18.2 Å². The summed E-state index contributed by atoms with van der Waals surface area (Å²) in [5.74, 6) is 0.860. The standard InChI is InChI=1S/C23H25N5O2/c29-22(18-7-10-24-19-4-2-1-3-17(18)19)25-14-15-8-11-28(12-9-15)23(30)21-13-20(26-27-21)16-5-6-16/h1-4,7,10,13,15-16H,5-6,8-9,11-12,14H2,(H,25,29)(H,26,27). The molecular formula is C23H25N5O2. The van der Waals surface area contributed by atoms with Gasteiger partial charge in [-0.05, 0) is 49.8 Å². The zero-order valence-corrected chi connectivity index (χ0v) is 16.8. The van der Waals surface area contributed by atoms with Gasteiger partial charge in [-0.2, -0.15) is 5.10 Å². The molecule has 30 heavy (non-hydrogen) atoms. The number of likely N-dealkylation sites (tertiary alicyclic amines) is 1. The van der Waals surface area contributed by atoms with Gasteiger partial charge in [-0.3, -0.25) is 19.7 Å². The number of aromatic amines is 1. The molecule has 0 unspecified atom stereocenters. The number of amides is 2. The van der Waals surface area contributed by atoms with Crippen molar-refractivity contribution in [2.45, 2.75) is 31.6 Å². The molecule has 1 saturated carbocycles. The molecule has 154 valence electrons. The predicted octanol–water partition coefficient (Wildman–Crippen LogP) is 3.12. The van der Waals surface area contributed by atoms with E-state index >= 15 is 0 Å². The number of para-hydroxylation sites is 1. The maximum Gasteiger partial charge on any atom is 0.274 e. The molecule has 1 aliphatic carbocycles. The highest BCUT2D eigenvalue weighted by molar-refractivity contribution is 6.05. The Morgan fingerprint density at radius 3 is 2.70 bits per heavy atom. The fourth-order valence-corrected chi connectivity index (χ4v) is 4.18. The summed E-state index contributed by atoms with van der Waals surface area (Å²) in [6.45, 7) is 2.01. The Morgan fingerprint density at radius 1 is 1.10 bits per heavy atom. The summed E-state index contributed by atoms with van der Waals surface area (Å²) in [5.41, 5.74) is 3.08. The van der Waals surface area contributed by atoms with Gasteiger partial charge in [0.15, 0.2) is 0 Å². The van der Waals surface area contributed by atoms with Crippen molar-refractivity contribution in [2.75, 3.05) is 19.6 Å². The van der Waals surface area contributed by atoms with Crippen molar-refractivity contribution < 1.29 is 9.59 Å². The number of piperidine rings is 1. The number of hydrogen-bond acceptors (Lipinski definition) is 4. The lowest BCUT2D eigenvalue weighted by Gasteiger charge is -2.31. The van der Waals surface area contributed by atoms with Gasteiger partial charge in [0.05, 0.1) is 11.1 Å². The van der Waals surface area contributed by atoms with Crippen molar-refractivity contribution in [2.24, 2.45) is 5.92 Å². The van der Waals surface area contributed by atoms with E-state index < -0.39 is 0 Å². The van der Waals surface area contributed by atoms with Crippen LogP contribution >= 0.6 is 0 Å². The van der Waals surface area contributed by atoms with Crippen LogP contribution in [-0.2, 0) is 0 Å². The Kier molecular flexibility index (Phi) is 4.94. The third-order valence-electron chi connectivity index (χ3n) is 6.18. The summed E-state index contributed by atoms with van der Waals surface area (Å²) < 4.78 is 0. The normalized spacial score (nSPS) is 17.3. The molecule has 7 nitrogen and oxygen atoms in total. The van der Waals surface area contributed by atoms with E-state index in [4.69, 9.17) is 0 Å². The van der Waals surface area contributed by atoms with E-state index in [1.165, 1.54) is 12.8 Å². The average Bonchev–Trinajstić information content (AvgIpc) is 3.53. The Labute approximate surface area is 174 Å². The molecule has 7 heteroatoms. The molecule has 1 aliphatic heterocycles. The lowest BCUT2D eigenvalue weighted by molar-refractivity contribution is 0.0678. The minimum Gasteiger partial charge on any atom is -0.352 e. The van der Waals surface area contributed by atoms with Crippen molar-refractivity contribution in [3.8, 4) is 0 Å². The summed E-state index contributed by atoms with van der Waals surface area (Å²) in [5, 5.41) is 11.2. The molecule has 0 radical (unpaired) electrons. The fourth-order valence-electron chi connectivity index (χ4n) is 4.18. The number of benzene rings is 1. The zero-order valence-electron chi connectivity index (χ0n) is 16.8. The predicted molar refractivity (Wildman–Crippen MR) is 113 cm³/mol. The van der Waals surface area contributed by atoms with Crippen LogP contribution in [0.2, 0.25) is 0 Å². The highest BCUT2D eigenvalue weighted by atomic mass is 16.2. The minimum absolute atomic E-state index is 0.00360. The third-order valence-corrected chi connectivity index (χ3v) is 6.18. The number of pyridine rings is 1. The molecule has 3 aromatic rings. The molecule has 0 bridgehead atoms. The highest BCUT2D eigenvalue weighted by Gasteiger charge is 2.29. The van der Waals surface area contributed by atoms with E-state index in [9.17, 15) is 9.59 Å². The Hall–Kier alpha value is -3.22. The van der Waals surface area contributed by atoms with Gasteiger partial charge in [0.2, 0.25) is 0 Å². The Morgan fingerprint density at radius 2 is 1.90 bits per heavy atom. The number of hydrogen-bond donors (Lipinski definition) is 2. The molecule has 2 N–H and O–H groups in total. The number of fused-ring (bicyclic) bond motifs is 1. The molecule has 5 rings (SSSR count). The molecule has 1 aromatic carbocycles. The molecule has 1 saturated heterocycles. The van der Waals surface area contributed by atoms with Crippen molar-refractivity contribution in [3.05, 3.63) is 59.5 Å². The first kappa shape index (κ1) is 18.8. The molecule has 2 aliphatic rings. The van der Waals surface area contributed by atoms with Crippen molar-refractivity contribution in [3.63, 3.8) is 0 Å². The van der Waals surface area contributed by atoms with Crippen LogP contribution in [0.25, 0.3) is 10.9 Å². The average molecular weight is 403 g/mol. The van der Waals surface area contributed by atoms with E-state index in [0.29, 0.717) is 42.7 Å². The summed E-state index contributed by atoms with van der Waals surface area (Å²) in [6, 6.07) is 11.3. The highest BCUT2D eigenvalue weighted by Crippen LogP contribution is 2.39. The van der Waals surface area contributed by atoms with Crippen LogP contribution < -0.4 is 5.32 Å². The maximum atomic E-state index is 12.7. The Bertz CT molecular complexity index is 1070. The van der Waals surface area contributed by atoms with E-state index in [1.54, 1.807) is 12.3 Å². The van der Waals surface area contributed by atoms with Crippen molar-refractivity contribution >= 4 is 22.7 Å². The first-order valence-electron chi connectivity index (χ1n) is 10.7. The molecule has 0 spiro atoms. The lowest BCUT2D eigenvalue weighted by atomic mass is 9.96. The second kappa shape index (κ2) is 7.89. The summed E-state index contributed by atoms with van der Waals surface area (Å²) >= 11 is 0. The third kappa shape index (κ3) is 3.79. The topological polar surface area (TPSA) is 91.0 Å². The second-order valence-electron chi connectivity index (χ2n) is 8.30. The number of aromatic nitrogens is 3. The quantitative estimate of drug-likeness (QED) is 0.685. The summed E-state index contributed by atoms with van der Waals surface area (Å²) in [6.07, 6.45) is 5.79. The van der Waals surface area contributed by atoms with E-state index in [1.807, 2.05) is 35.2 Å². The molecular weight excluding hydrogens is 378 g/mol. The second-order valence-corrected chi connectivity index (χ2v) is 8.30. The number of nitrogens with zero attached hydrogens (tertiary/aromatic N) is 3. The monoisotopic (exact) mass is 403 g/mol. The van der Waals surface area contributed by atoms with Crippen molar-refractivity contribution in [1.82, 2.24) is 25.4 Å². The van der Waals surface area contributed by atoms with E-state index in [2.05, 4.69) is 20.5 Å². The van der Waals surface area contributed by atoms with Gasteiger partial charge in [0.25, 0.3) is 11.8 Å². The lowest BCUT2D eigenvalue weighted by Crippen LogP contribution is -2.41. The fraction of sp³-hybridized carbons (Fsp3) is 0.391. The van der Waals surface area contributed by atoms with Crippen LogP contribution in [0, 0.1) is 5.92 Å². The molecule has 2 amide bonds. The van der Waals surface area contributed by atoms with Gasteiger partial charge in [0, 0.05) is 42.8 Å². The van der Waals surface area contributed by atoms with Gasteiger partial charge in [0.1, 0.15) is 5.69 Å². The minimum atomic E-state index is -0.0729. The van der Waals surface area contributed by atoms with Crippen LogP contribution in [0.5, 0.6) is 0 Å². The number of nitrogens with one attached hydrogen (secondary N) is 2. The van der Waals surface area contributed by atoms with Crippen molar-refractivity contribution in [1.29, 1.82) is 0 Å². The van der Waals surface area contributed by atoms with Gasteiger partial charge in [-0.25, -0.2) is 0 Å². The number of carbonyl (C=O) groups excluding carboxylic acids is 2. The zero-order chi connectivity index (χ0) is 20.5. The first-order valence-corrected chi connectivity index (χ1v) is 10.7. The first-order chi connectivity index (χ1) is 14.7. The van der Waals surface area contributed by atoms with Crippen LogP contribution in [0.1, 0.15) is 58.1 Å². The molecule has 0 atom stereocenters. The maximum absolute atomic E-state index is 12.7. The SMILES string of the molecule is O=C(NCC1CCN(C(=O)c2cc(C3CC3)[nH]n2)CC1)c1ccnc2ccccc12. The van der Waals surface area contributed by atoms with Crippen LogP contribution in [0.3, 0.4) is 0 Å². The van der Waals surface area contributed by atoms with Crippen LogP contribution in [-0.4, -0.2) is 51.5 Å². The molecule has 2 fully saturated rings. The van der Waals surface area contributed by atoms with E-state index in [-0.39, 0.29) is 11.8 Å². The van der Waals surface area contributed by atoms with E-state index in [0.717, 1.165) is 29.4 Å². The van der Waals surface area contributed by atoms with Crippen LogP contribution in [0.15, 0.2) is 42.6 Å². The summed E-state index contributed by atoms with van der Waals surface area (Å²) in [7, 11) is 0. The van der Waals surface area contributed by atoms with Gasteiger partial charge < -0.3 is 10.2 Å². The number of H-pyrrole nitrogens is 1. The number of rotatable bonds is 5. The molecule has 2 aromatic heterocycles. The summed E-state index contributed by atoms with van der Waals surface area (Å²) in [4.78, 5) is 31.6. The van der Waals surface area contributed by atoms with Gasteiger partial charge in [-0.15, -0.1) is 0 Å².